The molecule has 27 heavy (non-hydrogen) atoms. The quantitative estimate of drug-likeness (QED) is 0.625. The maximum absolute atomic E-state index is 12.3. The van der Waals surface area contributed by atoms with Crippen LogP contribution in [0.3, 0.4) is 0 Å². The molecular formula is C22H21ClN2O2. The number of carbonyl (C=O) groups is 1. The van der Waals surface area contributed by atoms with Crippen LogP contribution in [0.1, 0.15) is 25.2 Å². The normalized spacial score (nSPS) is 10.8. The lowest BCUT2D eigenvalue weighted by Gasteiger charge is -2.07. The average Bonchev–Trinajstić information content (AvgIpc) is 3.04. The first kappa shape index (κ1) is 18.9. The smallest absolute Gasteiger partial charge is 0.227 e. The minimum atomic E-state index is -0.113. The van der Waals surface area contributed by atoms with Gasteiger partial charge < -0.3 is 9.73 Å². The number of nitrogens with zero attached hydrogens (tertiary/aromatic N) is 1. The summed E-state index contributed by atoms with van der Waals surface area (Å²) in [5.41, 5.74) is 3.28. The van der Waals surface area contributed by atoms with Gasteiger partial charge in [0, 0.05) is 22.2 Å². The summed E-state index contributed by atoms with van der Waals surface area (Å²) >= 11 is 6.13. The molecule has 0 saturated carbocycles. The van der Waals surface area contributed by atoms with Crippen LogP contribution in [0.25, 0.3) is 28.8 Å². The van der Waals surface area contributed by atoms with Crippen molar-refractivity contribution >= 4 is 23.6 Å². The summed E-state index contributed by atoms with van der Waals surface area (Å²) in [5.74, 6) is 0.865. The lowest BCUT2D eigenvalue weighted by molar-refractivity contribution is -0.121. The van der Waals surface area contributed by atoms with E-state index in [2.05, 4.69) is 16.9 Å². The first-order valence-electron chi connectivity index (χ1n) is 8.74. The summed E-state index contributed by atoms with van der Waals surface area (Å²) in [6.07, 6.45) is 1.89. The van der Waals surface area contributed by atoms with Crippen molar-refractivity contribution in [3.05, 3.63) is 71.5 Å². The molecule has 3 rings (SSSR count). The molecule has 0 aliphatic heterocycles. The van der Waals surface area contributed by atoms with Gasteiger partial charge in [-0.15, -0.1) is 0 Å². The number of halogens is 1. The van der Waals surface area contributed by atoms with E-state index in [0.717, 1.165) is 16.7 Å². The molecule has 0 spiro atoms. The molecule has 4 nitrogen and oxygen atoms in total. The van der Waals surface area contributed by atoms with Crippen molar-refractivity contribution in [2.24, 2.45) is 0 Å². The second-order valence-electron chi connectivity index (χ2n) is 6.53. The zero-order valence-electron chi connectivity index (χ0n) is 15.3. The van der Waals surface area contributed by atoms with Gasteiger partial charge in [0.2, 0.25) is 11.8 Å². The molecule has 1 amide bonds. The highest BCUT2D eigenvalue weighted by atomic mass is 35.5. The highest BCUT2D eigenvalue weighted by molar-refractivity contribution is 6.30. The molecule has 2 aromatic carbocycles. The van der Waals surface area contributed by atoms with Crippen LogP contribution in [0, 0.1) is 0 Å². The number of carbonyl (C=O) groups excluding carboxylic acids is 1. The van der Waals surface area contributed by atoms with Crippen LogP contribution >= 0.6 is 11.6 Å². The molecule has 0 atom stereocenters. The maximum Gasteiger partial charge on any atom is 0.227 e. The van der Waals surface area contributed by atoms with E-state index in [1.807, 2.05) is 56.3 Å². The number of rotatable bonds is 6. The summed E-state index contributed by atoms with van der Waals surface area (Å²) < 4.78 is 5.98. The predicted octanol–water partition coefficient (Wildman–Crippen LogP) is 5.37. The van der Waals surface area contributed by atoms with Gasteiger partial charge in [-0.2, -0.15) is 0 Å². The minimum absolute atomic E-state index is 0.0564. The number of amides is 1. The summed E-state index contributed by atoms with van der Waals surface area (Å²) in [6.45, 7) is 7.60. The van der Waals surface area contributed by atoms with E-state index in [9.17, 15) is 4.79 Å². The van der Waals surface area contributed by atoms with Crippen molar-refractivity contribution in [1.82, 2.24) is 10.3 Å². The lowest BCUT2D eigenvalue weighted by Crippen LogP contribution is -2.31. The predicted molar refractivity (Wildman–Crippen MR) is 109 cm³/mol. The molecule has 0 unspecified atom stereocenters. The van der Waals surface area contributed by atoms with Crippen LogP contribution in [0.5, 0.6) is 0 Å². The van der Waals surface area contributed by atoms with Gasteiger partial charge in [-0.3, -0.25) is 4.79 Å². The number of hydrogen-bond donors (Lipinski definition) is 1. The minimum Gasteiger partial charge on any atom is -0.440 e. The SMILES string of the molecule is C=Cc1ccc(-c2nc(-c3cccc(Cl)c3)c(CC(=O)NC(C)C)o2)cc1. The van der Waals surface area contributed by atoms with Crippen molar-refractivity contribution < 1.29 is 9.21 Å². The summed E-state index contributed by atoms with van der Waals surface area (Å²) in [4.78, 5) is 16.9. The van der Waals surface area contributed by atoms with Crippen molar-refractivity contribution in [2.45, 2.75) is 26.3 Å². The average molecular weight is 381 g/mol. The fourth-order valence-electron chi connectivity index (χ4n) is 2.74. The Hall–Kier alpha value is -2.85. The van der Waals surface area contributed by atoms with E-state index in [0.29, 0.717) is 22.4 Å². The van der Waals surface area contributed by atoms with Crippen LogP contribution < -0.4 is 5.32 Å². The van der Waals surface area contributed by atoms with E-state index in [4.69, 9.17) is 16.0 Å². The second kappa shape index (κ2) is 8.23. The molecule has 1 aromatic heterocycles. The molecule has 0 bridgehead atoms. The molecule has 0 aliphatic rings. The van der Waals surface area contributed by atoms with Gasteiger partial charge in [0.25, 0.3) is 0 Å². The molecule has 1 N–H and O–H groups in total. The van der Waals surface area contributed by atoms with Gasteiger partial charge in [-0.05, 0) is 43.7 Å². The fraction of sp³-hybridized carbons (Fsp3) is 0.182. The number of benzene rings is 2. The summed E-state index contributed by atoms with van der Waals surface area (Å²) in [7, 11) is 0. The second-order valence-corrected chi connectivity index (χ2v) is 6.96. The van der Waals surface area contributed by atoms with Crippen LogP contribution in [-0.2, 0) is 11.2 Å². The van der Waals surface area contributed by atoms with Gasteiger partial charge in [0.05, 0.1) is 6.42 Å². The highest BCUT2D eigenvalue weighted by Crippen LogP contribution is 2.31. The van der Waals surface area contributed by atoms with Crippen molar-refractivity contribution in [3.63, 3.8) is 0 Å². The molecule has 3 aromatic rings. The van der Waals surface area contributed by atoms with Crippen LogP contribution in [0.2, 0.25) is 5.02 Å². The number of aromatic nitrogens is 1. The molecular weight excluding hydrogens is 360 g/mol. The molecule has 0 saturated heterocycles. The number of nitrogens with one attached hydrogen (secondary N) is 1. The van der Waals surface area contributed by atoms with E-state index in [1.54, 1.807) is 12.1 Å². The van der Waals surface area contributed by atoms with Crippen LogP contribution in [0.4, 0.5) is 0 Å². The topological polar surface area (TPSA) is 55.1 Å². The summed E-state index contributed by atoms with van der Waals surface area (Å²) in [6, 6.07) is 15.1. The third kappa shape index (κ3) is 4.66. The monoisotopic (exact) mass is 380 g/mol. The molecule has 1 heterocycles. The van der Waals surface area contributed by atoms with E-state index in [1.165, 1.54) is 0 Å². The van der Waals surface area contributed by atoms with Gasteiger partial charge in [0.1, 0.15) is 11.5 Å². The molecule has 0 aliphatic carbocycles. The fourth-order valence-corrected chi connectivity index (χ4v) is 2.93. The van der Waals surface area contributed by atoms with Crippen LogP contribution in [-0.4, -0.2) is 16.9 Å². The maximum atomic E-state index is 12.3. The molecule has 0 fully saturated rings. The molecule has 138 valence electrons. The Morgan fingerprint density at radius 1 is 1.22 bits per heavy atom. The third-order valence-electron chi connectivity index (χ3n) is 3.96. The molecule has 0 radical (unpaired) electrons. The zero-order chi connectivity index (χ0) is 19.4. The van der Waals surface area contributed by atoms with Crippen molar-refractivity contribution in [3.8, 4) is 22.7 Å². The first-order chi connectivity index (χ1) is 13.0. The Kier molecular flexibility index (Phi) is 5.77. The largest absolute Gasteiger partial charge is 0.440 e. The van der Waals surface area contributed by atoms with Crippen LogP contribution in [0.15, 0.2) is 59.5 Å². The van der Waals surface area contributed by atoms with E-state index < -0.39 is 0 Å². The number of hydrogen-bond acceptors (Lipinski definition) is 3. The standard InChI is InChI=1S/C22H21ClN2O2/c1-4-15-8-10-16(11-9-15)22-25-21(17-6-5-7-18(23)12-17)19(27-22)13-20(26)24-14(2)3/h4-12,14H,1,13H2,2-3H3,(H,24,26). The van der Waals surface area contributed by atoms with Crippen molar-refractivity contribution in [2.75, 3.05) is 0 Å². The Bertz CT molecular complexity index is 959. The van der Waals surface area contributed by atoms with Gasteiger partial charge in [-0.25, -0.2) is 4.98 Å². The van der Waals surface area contributed by atoms with Crippen molar-refractivity contribution in [1.29, 1.82) is 0 Å². The van der Waals surface area contributed by atoms with Gasteiger partial charge in [-0.1, -0.05) is 48.5 Å². The third-order valence-corrected chi connectivity index (χ3v) is 4.19. The molecule has 5 heteroatoms. The Labute approximate surface area is 163 Å². The van der Waals surface area contributed by atoms with E-state index >= 15 is 0 Å². The Morgan fingerprint density at radius 2 is 1.96 bits per heavy atom. The summed E-state index contributed by atoms with van der Waals surface area (Å²) in [5, 5.41) is 3.48. The first-order valence-corrected chi connectivity index (χ1v) is 9.12. The van der Waals surface area contributed by atoms with Gasteiger partial charge in [0.15, 0.2) is 0 Å². The Balaban J connectivity index is 2.02. The highest BCUT2D eigenvalue weighted by Gasteiger charge is 2.19. The number of oxazole rings is 1. The van der Waals surface area contributed by atoms with Gasteiger partial charge >= 0.3 is 0 Å². The Morgan fingerprint density at radius 3 is 2.59 bits per heavy atom. The zero-order valence-corrected chi connectivity index (χ0v) is 16.1. The van der Waals surface area contributed by atoms with E-state index in [-0.39, 0.29) is 18.4 Å². The lowest BCUT2D eigenvalue weighted by atomic mass is 10.1.